The third-order valence-electron chi connectivity index (χ3n) is 5.11. The highest BCUT2D eigenvalue weighted by Crippen LogP contribution is 2.62. The van der Waals surface area contributed by atoms with Crippen LogP contribution in [0.5, 0.6) is 5.75 Å². The van der Waals surface area contributed by atoms with Crippen molar-refractivity contribution in [3.05, 3.63) is 58.1 Å². The number of ether oxygens (including phenoxy) is 1. The molecule has 0 heterocycles. The first-order valence-corrected chi connectivity index (χ1v) is 9.47. The maximum atomic E-state index is 12.9. The molecule has 28 heavy (non-hydrogen) atoms. The van der Waals surface area contributed by atoms with Gasteiger partial charge in [-0.1, -0.05) is 36.2 Å². The smallest absolute Gasteiger partial charge is 0.392 e. The van der Waals surface area contributed by atoms with Gasteiger partial charge in [0.05, 0.1) is 11.3 Å². The van der Waals surface area contributed by atoms with Crippen LogP contribution in [0.1, 0.15) is 25.3 Å². The van der Waals surface area contributed by atoms with Gasteiger partial charge in [-0.05, 0) is 49.2 Å². The minimum atomic E-state index is -4.36. The highest BCUT2D eigenvalue weighted by molar-refractivity contribution is 6.35. The molecule has 0 aliphatic heterocycles. The Bertz CT molecular complexity index is 850. The minimum Gasteiger partial charge on any atom is -0.489 e. The SMILES string of the molecule is CCC1(C(=O)Nc2ccc(OCc3c(Cl)cccc3Cl)cc2)CC1C(F)(F)F. The van der Waals surface area contributed by atoms with Crippen LogP contribution in [-0.2, 0) is 11.4 Å². The summed E-state index contributed by atoms with van der Waals surface area (Å²) in [6.45, 7) is 1.76. The molecule has 1 fully saturated rings. The predicted octanol–water partition coefficient (Wildman–Crippen LogP) is 6.49. The molecule has 0 aromatic heterocycles. The van der Waals surface area contributed by atoms with Crippen molar-refractivity contribution in [3.63, 3.8) is 0 Å². The standard InChI is InChI=1S/C20H18Cl2F3NO2/c1-2-19(10-17(19)20(23,24)25)18(27)26-12-6-8-13(9-7-12)28-11-14-15(21)4-3-5-16(14)22/h3-9,17H,2,10-11H2,1H3,(H,26,27). The quantitative estimate of drug-likeness (QED) is 0.567. The van der Waals surface area contributed by atoms with Gasteiger partial charge >= 0.3 is 6.18 Å². The molecule has 150 valence electrons. The average Bonchev–Trinajstić information content (AvgIpc) is 3.39. The third kappa shape index (κ3) is 4.23. The first kappa shape index (κ1) is 20.8. The number of carbonyl (C=O) groups is 1. The van der Waals surface area contributed by atoms with E-state index < -0.39 is 23.4 Å². The van der Waals surface area contributed by atoms with Crippen LogP contribution in [0.3, 0.4) is 0 Å². The molecule has 0 spiro atoms. The summed E-state index contributed by atoms with van der Waals surface area (Å²) in [5.74, 6) is -1.67. The van der Waals surface area contributed by atoms with Crippen molar-refractivity contribution in [1.29, 1.82) is 0 Å². The zero-order valence-electron chi connectivity index (χ0n) is 14.9. The van der Waals surface area contributed by atoms with E-state index >= 15 is 0 Å². The second-order valence-electron chi connectivity index (χ2n) is 6.78. The number of rotatable bonds is 6. The normalized spacial score (nSPS) is 21.3. The Morgan fingerprint density at radius 3 is 2.29 bits per heavy atom. The van der Waals surface area contributed by atoms with Gasteiger partial charge in [0.25, 0.3) is 0 Å². The van der Waals surface area contributed by atoms with Gasteiger partial charge in [0, 0.05) is 21.3 Å². The first-order valence-electron chi connectivity index (χ1n) is 8.71. The van der Waals surface area contributed by atoms with E-state index in [0.717, 1.165) is 0 Å². The lowest BCUT2D eigenvalue weighted by Crippen LogP contribution is -2.29. The van der Waals surface area contributed by atoms with Crippen LogP contribution in [-0.4, -0.2) is 12.1 Å². The van der Waals surface area contributed by atoms with Crippen molar-refractivity contribution < 1.29 is 22.7 Å². The largest absolute Gasteiger partial charge is 0.489 e. The van der Waals surface area contributed by atoms with E-state index in [9.17, 15) is 18.0 Å². The van der Waals surface area contributed by atoms with Crippen LogP contribution >= 0.6 is 23.2 Å². The summed E-state index contributed by atoms with van der Waals surface area (Å²) in [5, 5.41) is 3.56. The highest BCUT2D eigenvalue weighted by atomic mass is 35.5. The van der Waals surface area contributed by atoms with Gasteiger partial charge in [-0.25, -0.2) is 0 Å². The zero-order valence-corrected chi connectivity index (χ0v) is 16.5. The lowest BCUT2D eigenvalue weighted by molar-refractivity contribution is -0.160. The fourth-order valence-electron chi connectivity index (χ4n) is 3.25. The lowest BCUT2D eigenvalue weighted by Gasteiger charge is -2.17. The van der Waals surface area contributed by atoms with Crippen molar-refractivity contribution in [2.24, 2.45) is 11.3 Å². The van der Waals surface area contributed by atoms with Crippen LogP contribution in [0, 0.1) is 11.3 Å². The van der Waals surface area contributed by atoms with Crippen molar-refractivity contribution in [3.8, 4) is 5.75 Å². The summed E-state index contributed by atoms with van der Waals surface area (Å²) in [7, 11) is 0. The summed E-state index contributed by atoms with van der Waals surface area (Å²) in [4.78, 5) is 12.4. The van der Waals surface area contributed by atoms with Crippen LogP contribution in [0.2, 0.25) is 10.0 Å². The average molecular weight is 432 g/mol. The second-order valence-corrected chi connectivity index (χ2v) is 7.59. The fraction of sp³-hybridized carbons (Fsp3) is 0.350. The number of anilines is 1. The molecular weight excluding hydrogens is 414 g/mol. The number of benzene rings is 2. The van der Waals surface area contributed by atoms with Crippen LogP contribution in [0.25, 0.3) is 0 Å². The molecule has 1 N–H and O–H groups in total. The third-order valence-corrected chi connectivity index (χ3v) is 5.82. The molecular formula is C20H18Cl2F3NO2. The Kier molecular flexibility index (Phi) is 5.82. The predicted molar refractivity (Wildman–Crippen MR) is 103 cm³/mol. The van der Waals surface area contributed by atoms with Gasteiger partial charge in [0.15, 0.2) is 0 Å². The maximum Gasteiger partial charge on any atom is 0.392 e. The summed E-state index contributed by atoms with van der Waals surface area (Å²) in [5.41, 5.74) is -0.303. The second kappa shape index (κ2) is 7.84. The summed E-state index contributed by atoms with van der Waals surface area (Å²) < 4.78 is 44.5. The van der Waals surface area contributed by atoms with Crippen molar-refractivity contribution in [2.45, 2.75) is 32.5 Å². The number of carbonyl (C=O) groups excluding carboxylic acids is 1. The first-order chi connectivity index (χ1) is 13.2. The molecule has 1 aliphatic rings. The van der Waals surface area contributed by atoms with E-state index in [-0.39, 0.29) is 19.4 Å². The molecule has 2 aromatic carbocycles. The highest BCUT2D eigenvalue weighted by Gasteiger charge is 2.69. The molecule has 1 saturated carbocycles. The van der Waals surface area contributed by atoms with E-state index in [1.165, 1.54) is 0 Å². The van der Waals surface area contributed by atoms with E-state index in [2.05, 4.69) is 5.32 Å². The minimum absolute atomic E-state index is 0.142. The Morgan fingerprint density at radius 1 is 1.18 bits per heavy atom. The van der Waals surface area contributed by atoms with E-state index in [1.807, 2.05) is 0 Å². The Hall–Kier alpha value is -1.92. The fourth-order valence-corrected chi connectivity index (χ4v) is 3.76. The number of amides is 1. The Balaban J connectivity index is 1.61. The molecule has 2 unspecified atom stereocenters. The number of hydrogen-bond donors (Lipinski definition) is 1. The summed E-state index contributed by atoms with van der Waals surface area (Å²) in [6.07, 6.45) is -4.38. The summed E-state index contributed by atoms with van der Waals surface area (Å²) >= 11 is 12.2. The van der Waals surface area contributed by atoms with Crippen LogP contribution in [0.4, 0.5) is 18.9 Å². The lowest BCUT2D eigenvalue weighted by atomic mass is 9.98. The zero-order chi connectivity index (χ0) is 20.5. The molecule has 8 heteroatoms. The number of halogens is 5. The Labute approximate surface area is 170 Å². The number of nitrogens with one attached hydrogen (secondary N) is 1. The number of alkyl halides is 3. The molecule has 0 bridgehead atoms. The molecule has 3 nitrogen and oxygen atoms in total. The van der Waals surface area contributed by atoms with Crippen molar-refractivity contribution >= 4 is 34.8 Å². The topological polar surface area (TPSA) is 38.3 Å². The molecule has 3 rings (SSSR count). The van der Waals surface area contributed by atoms with Gasteiger partial charge in [-0.15, -0.1) is 0 Å². The molecule has 1 aliphatic carbocycles. The van der Waals surface area contributed by atoms with E-state index in [1.54, 1.807) is 49.4 Å². The molecule has 1 amide bonds. The van der Waals surface area contributed by atoms with Crippen molar-refractivity contribution in [1.82, 2.24) is 0 Å². The molecule has 0 radical (unpaired) electrons. The van der Waals surface area contributed by atoms with Crippen molar-refractivity contribution in [2.75, 3.05) is 5.32 Å². The Morgan fingerprint density at radius 2 is 1.79 bits per heavy atom. The van der Waals surface area contributed by atoms with E-state index in [0.29, 0.717) is 27.0 Å². The summed E-state index contributed by atoms with van der Waals surface area (Å²) in [6, 6.07) is 11.5. The molecule has 2 atom stereocenters. The van der Waals surface area contributed by atoms with Crippen LogP contribution in [0.15, 0.2) is 42.5 Å². The molecule has 0 saturated heterocycles. The van der Waals surface area contributed by atoms with E-state index in [4.69, 9.17) is 27.9 Å². The van der Waals surface area contributed by atoms with Gasteiger partial charge in [-0.3, -0.25) is 4.79 Å². The maximum absolute atomic E-state index is 12.9. The van der Waals surface area contributed by atoms with Gasteiger partial charge in [0.2, 0.25) is 5.91 Å². The number of hydrogen-bond acceptors (Lipinski definition) is 2. The van der Waals surface area contributed by atoms with Gasteiger partial charge in [-0.2, -0.15) is 13.2 Å². The van der Waals surface area contributed by atoms with Gasteiger partial charge in [0.1, 0.15) is 12.4 Å². The monoisotopic (exact) mass is 431 g/mol. The van der Waals surface area contributed by atoms with Gasteiger partial charge < -0.3 is 10.1 Å². The molecule has 2 aromatic rings. The van der Waals surface area contributed by atoms with Crippen LogP contribution < -0.4 is 10.1 Å².